The number of aromatic nitrogens is 1. The van der Waals surface area contributed by atoms with Crippen LogP contribution >= 0.6 is 0 Å². The van der Waals surface area contributed by atoms with Crippen molar-refractivity contribution in [2.24, 2.45) is 5.92 Å². The zero-order valence-corrected chi connectivity index (χ0v) is 18.2. The molecule has 2 heterocycles. The fourth-order valence-corrected chi connectivity index (χ4v) is 4.87. The van der Waals surface area contributed by atoms with Gasteiger partial charge in [-0.05, 0) is 42.8 Å². The van der Waals surface area contributed by atoms with Gasteiger partial charge >= 0.3 is 0 Å². The highest BCUT2D eigenvalue weighted by Crippen LogP contribution is 2.34. The summed E-state index contributed by atoms with van der Waals surface area (Å²) in [4.78, 5) is 17.1. The summed E-state index contributed by atoms with van der Waals surface area (Å²) >= 11 is 0. The van der Waals surface area contributed by atoms with Gasteiger partial charge in [-0.15, -0.1) is 0 Å². The lowest BCUT2D eigenvalue weighted by molar-refractivity contribution is -0.125. The van der Waals surface area contributed by atoms with E-state index in [0.29, 0.717) is 11.5 Å². The molecule has 0 saturated carbocycles. The van der Waals surface area contributed by atoms with Gasteiger partial charge in [0.05, 0.1) is 25.9 Å². The smallest absolute Gasteiger partial charge is 0.225 e. The van der Waals surface area contributed by atoms with Gasteiger partial charge in [0.1, 0.15) is 11.5 Å². The van der Waals surface area contributed by atoms with E-state index < -0.39 is 15.9 Å². The normalized spacial score (nSPS) is 19.4. The second-order valence-electron chi connectivity index (χ2n) is 7.11. The molecule has 1 aromatic carbocycles. The third-order valence-electron chi connectivity index (χ3n) is 5.46. The molecular formula is C21H27N3O5S. The van der Waals surface area contributed by atoms with Crippen LogP contribution in [-0.4, -0.2) is 56.7 Å². The number of carbonyl (C=O) groups excluding carboxylic acids is 1. The van der Waals surface area contributed by atoms with Crippen molar-refractivity contribution in [1.29, 1.82) is 0 Å². The minimum absolute atomic E-state index is 0.00537. The molecule has 9 heteroatoms. The highest BCUT2D eigenvalue weighted by Gasteiger charge is 2.42. The number of rotatable bonds is 8. The topological polar surface area (TPSA) is 97.8 Å². The molecule has 0 radical (unpaired) electrons. The van der Waals surface area contributed by atoms with Crippen LogP contribution in [0.4, 0.5) is 0 Å². The summed E-state index contributed by atoms with van der Waals surface area (Å²) in [6.45, 7) is 2.30. The van der Waals surface area contributed by atoms with E-state index >= 15 is 0 Å². The summed E-state index contributed by atoms with van der Waals surface area (Å²) in [6.07, 6.45) is 3.31. The lowest BCUT2D eigenvalue weighted by Gasteiger charge is -2.19. The van der Waals surface area contributed by atoms with Gasteiger partial charge in [0, 0.05) is 43.5 Å². The molecule has 3 rings (SSSR count). The van der Waals surface area contributed by atoms with Crippen LogP contribution in [0.25, 0.3) is 0 Å². The van der Waals surface area contributed by atoms with Crippen LogP contribution in [0, 0.1) is 5.92 Å². The molecule has 1 amide bonds. The minimum atomic E-state index is -3.39. The van der Waals surface area contributed by atoms with Crippen LogP contribution in [-0.2, 0) is 21.4 Å². The lowest BCUT2D eigenvalue weighted by Crippen LogP contribution is -2.35. The number of nitrogens with zero attached hydrogens (tertiary/aromatic N) is 2. The number of hydrogen-bond acceptors (Lipinski definition) is 6. The van der Waals surface area contributed by atoms with Gasteiger partial charge in [0.2, 0.25) is 15.9 Å². The summed E-state index contributed by atoms with van der Waals surface area (Å²) in [5.74, 6) is 0.382. The molecule has 1 fully saturated rings. The highest BCUT2D eigenvalue weighted by atomic mass is 32.2. The second kappa shape index (κ2) is 9.44. The number of pyridine rings is 1. The Morgan fingerprint density at radius 1 is 1.17 bits per heavy atom. The van der Waals surface area contributed by atoms with Gasteiger partial charge in [-0.3, -0.25) is 9.78 Å². The number of amides is 1. The number of benzene rings is 1. The number of sulfonamides is 1. The largest absolute Gasteiger partial charge is 0.497 e. The predicted molar refractivity (Wildman–Crippen MR) is 113 cm³/mol. The Morgan fingerprint density at radius 3 is 2.53 bits per heavy atom. The quantitative estimate of drug-likeness (QED) is 0.682. The summed E-state index contributed by atoms with van der Waals surface area (Å²) in [6, 6.07) is 9.04. The first-order valence-corrected chi connectivity index (χ1v) is 11.4. The van der Waals surface area contributed by atoms with E-state index in [1.165, 1.54) is 4.31 Å². The van der Waals surface area contributed by atoms with Crippen LogP contribution in [0.15, 0.2) is 42.7 Å². The van der Waals surface area contributed by atoms with E-state index in [-0.39, 0.29) is 37.2 Å². The third-order valence-corrected chi connectivity index (χ3v) is 7.27. The van der Waals surface area contributed by atoms with E-state index in [9.17, 15) is 13.2 Å². The first kappa shape index (κ1) is 22.0. The van der Waals surface area contributed by atoms with E-state index in [0.717, 1.165) is 11.1 Å². The molecule has 2 atom stereocenters. The van der Waals surface area contributed by atoms with Crippen LogP contribution in [0.3, 0.4) is 0 Å². The zero-order chi connectivity index (χ0) is 21.7. The van der Waals surface area contributed by atoms with Crippen molar-refractivity contribution in [3.05, 3.63) is 53.9 Å². The lowest BCUT2D eigenvalue weighted by atomic mass is 9.89. The number of hydrogen-bond donors (Lipinski definition) is 1. The monoisotopic (exact) mass is 433 g/mol. The van der Waals surface area contributed by atoms with Crippen molar-refractivity contribution in [2.75, 3.05) is 33.1 Å². The molecule has 8 nitrogen and oxygen atoms in total. The molecule has 0 bridgehead atoms. The van der Waals surface area contributed by atoms with E-state index in [4.69, 9.17) is 9.47 Å². The first-order chi connectivity index (χ1) is 14.4. The van der Waals surface area contributed by atoms with Crippen molar-refractivity contribution >= 4 is 15.9 Å². The van der Waals surface area contributed by atoms with Gasteiger partial charge in [0.25, 0.3) is 0 Å². The van der Waals surface area contributed by atoms with Gasteiger partial charge in [0.15, 0.2) is 0 Å². The fraction of sp³-hybridized carbons (Fsp3) is 0.429. The van der Waals surface area contributed by atoms with Crippen molar-refractivity contribution < 1.29 is 22.7 Å². The van der Waals surface area contributed by atoms with Crippen LogP contribution in [0.5, 0.6) is 11.5 Å². The molecule has 0 unspecified atom stereocenters. The summed E-state index contributed by atoms with van der Waals surface area (Å²) in [5, 5.41) is 2.95. The summed E-state index contributed by atoms with van der Waals surface area (Å²) in [5.41, 5.74) is 1.68. The molecule has 2 aromatic rings. The van der Waals surface area contributed by atoms with Crippen molar-refractivity contribution in [3.63, 3.8) is 0 Å². The number of ether oxygens (including phenoxy) is 2. The molecule has 1 aliphatic rings. The Bertz CT molecular complexity index is 981. The van der Waals surface area contributed by atoms with Crippen molar-refractivity contribution in [1.82, 2.24) is 14.6 Å². The maximum Gasteiger partial charge on any atom is 0.225 e. The van der Waals surface area contributed by atoms with Crippen molar-refractivity contribution in [2.45, 2.75) is 19.4 Å². The predicted octanol–water partition coefficient (Wildman–Crippen LogP) is 1.78. The van der Waals surface area contributed by atoms with Crippen LogP contribution in [0.1, 0.15) is 24.0 Å². The average molecular weight is 434 g/mol. The van der Waals surface area contributed by atoms with Gasteiger partial charge < -0.3 is 14.8 Å². The van der Waals surface area contributed by atoms with E-state index in [1.54, 1.807) is 45.7 Å². The standard InChI is InChI=1S/C21H27N3O5S/c1-4-30(26,27)24-13-18(15-7-9-22-10-8-15)19(14-24)21(25)23-12-16-11-17(28-2)5-6-20(16)29-3/h5-11,18-19H,4,12-14H2,1-3H3,(H,23,25)/t18-,19+/m0/s1. The number of carbonyl (C=O) groups is 1. The second-order valence-corrected chi connectivity index (χ2v) is 9.36. The van der Waals surface area contributed by atoms with Gasteiger partial charge in [-0.25, -0.2) is 12.7 Å². The van der Waals surface area contributed by atoms with Gasteiger partial charge in [-0.2, -0.15) is 0 Å². The highest BCUT2D eigenvalue weighted by molar-refractivity contribution is 7.89. The first-order valence-electron chi connectivity index (χ1n) is 9.76. The maximum atomic E-state index is 13.1. The van der Waals surface area contributed by atoms with Crippen LogP contribution < -0.4 is 14.8 Å². The Kier molecular flexibility index (Phi) is 6.94. The molecule has 1 saturated heterocycles. The summed E-state index contributed by atoms with van der Waals surface area (Å²) in [7, 11) is -0.250. The van der Waals surface area contributed by atoms with Gasteiger partial charge in [-0.1, -0.05) is 0 Å². The average Bonchev–Trinajstić information content (AvgIpc) is 3.24. The minimum Gasteiger partial charge on any atom is -0.497 e. The summed E-state index contributed by atoms with van der Waals surface area (Å²) < 4.78 is 36.9. The maximum absolute atomic E-state index is 13.1. The number of nitrogens with one attached hydrogen (secondary N) is 1. The van der Waals surface area contributed by atoms with Crippen LogP contribution in [0.2, 0.25) is 0 Å². The Morgan fingerprint density at radius 2 is 1.90 bits per heavy atom. The molecule has 1 N–H and O–H groups in total. The fourth-order valence-electron chi connectivity index (χ4n) is 3.72. The Balaban J connectivity index is 1.80. The SMILES string of the molecule is CCS(=O)(=O)N1C[C@@H](C(=O)NCc2cc(OC)ccc2OC)[C@H](c2ccncc2)C1. The molecule has 0 aliphatic carbocycles. The molecule has 1 aliphatic heterocycles. The zero-order valence-electron chi connectivity index (χ0n) is 17.4. The Hall–Kier alpha value is -2.65. The molecule has 30 heavy (non-hydrogen) atoms. The molecule has 0 spiro atoms. The van der Waals surface area contributed by atoms with Crippen molar-refractivity contribution in [3.8, 4) is 11.5 Å². The molecule has 1 aromatic heterocycles. The van der Waals surface area contributed by atoms with E-state index in [2.05, 4.69) is 10.3 Å². The Labute approximate surface area is 177 Å². The molecule has 162 valence electrons. The van der Waals surface area contributed by atoms with E-state index in [1.807, 2.05) is 18.2 Å². The third kappa shape index (κ3) is 4.73. The number of methoxy groups -OCH3 is 2. The molecular weight excluding hydrogens is 406 g/mol.